The Morgan fingerprint density at radius 2 is 2.35 bits per heavy atom. The van der Waals surface area contributed by atoms with E-state index in [1.807, 2.05) is 13.2 Å². The molecule has 1 amide bonds. The van der Waals surface area contributed by atoms with Gasteiger partial charge in [-0.3, -0.25) is 4.79 Å². The summed E-state index contributed by atoms with van der Waals surface area (Å²) in [5.41, 5.74) is 5.39. The monoisotopic (exact) mass is 258 g/mol. The van der Waals surface area contributed by atoms with Crippen LogP contribution < -0.4 is 11.1 Å². The molecule has 1 rings (SSSR count). The lowest BCUT2D eigenvalue weighted by Gasteiger charge is -2.20. The third kappa shape index (κ3) is 3.76. The van der Waals surface area contributed by atoms with Crippen molar-refractivity contribution in [1.82, 2.24) is 5.32 Å². The zero-order valence-electron chi connectivity index (χ0n) is 9.97. The number of carbonyl (C=O) groups excluding carboxylic acids is 1. The second-order valence-corrected chi connectivity index (χ2v) is 4.77. The topological polar surface area (TPSA) is 88.5 Å². The van der Waals surface area contributed by atoms with E-state index in [0.29, 0.717) is 5.76 Å². The van der Waals surface area contributed by atoms with Crippen LogP contribution in [0.2, 0.25) is 0 Å². The number of rotatable bonds is 6. The van der Waals surface area contributed by atoms with Crippen LogP contribution in [0.5, 0.6) is 0 Å². The predicted octanol–water partition coefficient (Wildman–Crippen LogP) is 0.581. The molecule has 1 heterocycles. The van der Waals surface area contributed by atoms with Crippen LogP contribution in [-0.2, 0) is 6.54 Å². The molecule has 6 heteroatoms. The van der Waals surface area contributed by atoms with Gasteiger partial charge >= 0.3 is 0 Å². The number of hydrogen-bond donors (Lipinski definition) is 3. The molecule has 0 aliphatic rings. The molecule has 0 fully saturated rings. The number of aliphatic hydroxyl groups excluding tert-OH is 1. The van der Waals surface area contributed by atoms with Crippen molar-refractivity contribution in [3.63, 3.8) is 0 Å². The molecular weight excluding hydrogens is 240 g/mol. The maximum Gasteiger partial charge on any atom is 0.287 e. The van der Waals surface area contributed by atoms with E-state index in [9.17, 15) is 4.79 Å². The van der Waals surface area contributed by atoms with Crippen LogP contribution in [0, 0.1) is 0 Å². The lowest BCUT2D eigenvalue weighted by atomic mass is 10.2. The highest BCUT2D eigenvalue weighted by molar-refractivity contribution is 7.99. The van der Waals surface area contributed by atoms with Gasteiger partial charge in [0.05, 0.1) is 13.2 Å². The van der Waals surface area contributed by atoms with Gasteiger partial charge in [-0.15, -0.1) is 0 Å². The van der Waals surface area contributed by atoms with Gasteiger partial charge < -0.3 is 20.6 Å². The summed E-state index contributed by atoms with van der Waals surface area (Å²) in [4.78, 5) is 11.8. The maximum atomic E-state index is 11.8. The van der Waals surface area contributed by atoms with Crippen LogP contribution in [0.25, 0.3) is 0 Å². The van der Waals surface area contributed by atoms with E-state index < -0.39 is 0 Å². The number of amides is 1. The summed E-state index contributed by atoms with van der Waals surface area (Å²) in [6.07, 6.45) is 1.89. The number of thioether (sulfide) groups is 1. The number of carbonyl (C=O) groups is 1. The highest BCUT2D eigenvalue weighted by Gasteiger charge is 2.19. The Balaban J connectivity index is 2.59. The zero-order chi connectivity index (χ0) is 12.8. The molecule has 0 spiro atoms. The van der Waals surface area contributed by atoms with Crippen molar-refractivity contribution in [1.29, 1.82) is 0 Å². The highest BCUT2D eigenvalue weighted by Crippen LogP contribution is 2.12. The molecule has 0 bridgehead atoms. The van der Waals surface area contributed by atoms with Gasteiger partial charge in [-0.1, -0.05) is 0 Å². The number of hydrogen-bond acceptors (Lipinski definition) is 5. The van der Waals surface area contributed by atoms with Crippen LogP contribution in [0.4, 0.5) is 0 Å². The normalized spacial score (nSPS) is 14.4. The van der Waals surface area contributed by atoms with E-state index in [4.69, 9.17) is 15.3 Å². The van der Waals surface area contributed by atoms with Gasteiger partial charge in [0.25, 0.3) is 5.91 Å². The van der Waals surface area contributed by atoms with Gasteiger partial charge in [-0.05, 0) is 25.3 Å². The Morgan fingerprint density at radius 3 is 2.82 bits per heavy atom. The van der Waals surface area contributed by atoms with Crippen molar-refractivity contribution in [2.24, 2.45) is 5.73 Å². The van der Waals surface area contributed by atoms with Gasteiger partial charge in [0.15, 0.2) is 5.76 Å². The maximum absolute atomic E-state index is 11.8. The molecule has 2 unspecified atom stereocenters. The number of furan rings is 1. The zero-order valence-corrected chi connectivity index (χ0v) is 10.8. The van der Waals surface area contributed by atoms with Crippen LogP contribution in [0.15, 0.2) is 16.5 Å². The molecule has 0 aliphatic carbocycles. The standard InChI is InChI=1S/C11H18N2O3S/c1-7(10(6-14)17-2)13-11(15)9-4-3-8(5-12)16-9/h3-4,7,10,14H,5-6,12H2,1-2H3,(H,13,15). The summed E-state index contributed by atoms with van der Waals surface area (Å²) in [6, 6.07) is 3.14. The molecule has 17 heavy (non-hydrogen) atoms. The Morgan fingerprint density at radius 1 is 1.65 bits per heavy atom. The van der Waals surface area contributed by atoms with Crippen LogP contribution >= 0.6 is 11.8 Å². The molecule has 1 aromatic heterocycles. The van der Waals surface area contributed by atoms with E-state index in [2.05, 4.69) is 5.32 Å². The smallest absolute Gasteiger partial charge is 0.287 e. The number of nitrogens with one attached hydrogen (secondary N) is 1. The minimum Gasteiger partial charge on any atom is -0.455 e. The van der Waals surface area contributed by atoms with Crippen molar-refractivity contribution >= 4 is 17.7 Å². The van der Waals surface area contributed by atoms with E-state index in [-0.39, 0.29) is 36.1 Å². The summed E-state index contributed by atoms with van der Waals surface area (Å²) >= 11 is 1.51. The largest absolute Gasteiger partial charge is 0.455 e. The fraction of sp³-hybridized carbons (Fsp3) is 0.545. The van der Waals surface area contributed by atoms with Gasteiger partial charge in [0, 0.05) is 11.3 Å². The van der Waals surface area contributed by atoms with E-state index >= 15 is 0 Å². The van der Waals surface area contributed by atoms with Gasteiger partial charge in [-0.25, -0.2) is 0 Å². The van der Waals surface area contributed by atoms with E-state index in [1.165, 1.54) is 11.8 Å². The van der Waals surface area contributed by atoms with E-state index in [0.717, 1.165) is 0 Å². The Kier molecular flexibility index (Phi) is 5.54. The number of nitrogens with two attached hydrogens (primary N) is 1. The lowest BCUT2D eigenvalue weighted by Crippen LogP contribution is -2.41. The molecule has 1 aromatic rings. The summed E-state index contributed by atoms with van der Waals surface area (Å²) < 4.78 is 5.24. The lowest BCUT2D eigenvalue weighted by molar-refractivity contribution is 0.0906. The van der Waals surface area contributed by atoms with Crippen LogP contribution in [0.3, 0.4) is 0 Å². The van der Waals surface area contributed by atoms with Gasteiger partial charge in [0.1, 0.15) is 5.76 Å². The summed E-state index contributed by atoms with van der Waals surface area (Å²) in [5.74, 6) is 0.533. The third-order valence-electron chi connectivity index (χ3n) is 2.49. The number of aliphatic hydroxyl groups is 1. The molecule has 0 saturated carbocycles. The molecule has 4 N–H and O–H groups in total. The van der Waals surface area contributed by atoms with Crippen molar-refractivity contribution in [3.05, 3.63) is 23.7 Å². The molecule has 96 valence electrons. The second kappa shape index (κ2) is 6.68. The average Bonchev–Trinajstić information content (AvgIpc) is 2.79. The summed E-state index contributed by atoms with van der Waals surface area (Å²) in [6.45, 7) is 2.14. The van der Waals surface area contributed by atoms with Crippen molar-refractivity contribution in [2.45, 2.75) is 24.8 Å². The predicted molar refractivity (Wildman–Crippen MR) is 67.9 cm³/mol. The summed E-state index contributed by atoms with van der Waals surface area (Å²) in [7, 11) is 0. The fourth-order valence-electron chi connectivity index (χ4n) is 1.42. The molecule has 5 nitrogen and oxygen atoms in total. The Bertz CT molecular complexity index is 363. The van der Waals surface area contributed by atoms with E-state index in [1.54, 1.807) is 12.1 Å². The molecule has 0 aromatic carbocycles. The highest BCUT2D eigenvalue weighted by atomic mass is 32.2. The van der Waals surface area contributed by atoms with Crippen molar-refractivity contribution < 1.29 is 14.3 Å². The fourth-order valence-corrected chi connectivity index (χ4v) is 2.04. The van der Waals surface area contributed by atoms with Gasteiger partial charge in [-0.2, -0.15) is 11.8 Å². The average molecular weight is 258 g/mol. The quantitative estimate of drug-likeness (QED) is 0.694. The summed E-state index contributed by atoms with van der Waals surface area (Å²) in [5, 5.41) is 11.9. The molecule has 0 aliphatic heterocycles. The first-order valence-electron chi connectivity index (χ1n) is 5.35. The minimum atomic E-state index is -0.287. The molecule has 2 atom stereocenters. The Labute approximate surface area is 105 Å². The van der Waals surface area contributed by atoms with Crippen LogP contribution in [0.1, 0.15) is 23.2 Å². The second-order valence-electron chi connectivity index (χ2n) is 3.69. The first-order valence-corrected chi connectivity index (χ1v) is 6.64. The first-order chi connectivity index (χ1) is 8.12. The van der Waals surface area contributed by atoms with Gasteiger partial charge in [0.2, 0.25) is 0 Å². The third-order valence-corrected chi connectivity index (χ3v) is 3.65. The molecule has 0 radical (unpaired) electrons. The minimum absolute atomic E-state index is 0.0226. The van der Waals surface area contributed by atoms with Crippen molar-refractivity contribution in [3.8, 4) is 0 Å². The van der Waals surface area contributed by atoms with Crippen LogP contribution in [-0.4, -0.2) is 35.2 Å². The first kappa shape index (κ1) is 14.1. The molecular formula is C11H18N2O3S. The molecule has 0 saturated heterocycles. The Hall–Kier alpha value is -0.980. The van der Waals surface area contributed by atoms with Crippen molar-refractivity contribution in [2.75, 3.05) is 12.9 Å². The SMILES string of the molecule is CSC(CO)C(C)NC(=O)c1ccc(CN)o1.